The van der Waals surface area contributed by atoms with Gasteiger partial charge in [-0.15, -0.1) is 0 Å². The van der Waals surface area contributed by atoms with Gasteiger partial charge in [0, 0.05) is 25.1 Å². The molecule has 110 valence electrons. The van der Waals surface area contributed by atoms with Crippen molar-refractivity contribution >= 4 is 5.91 Å². The lowest BCUT2D eigenvalue weighted by atomic mass is 9.95. The highest BCUT2D eigenvalue weighted by molar-refractivity contribution is 5.76. The summed E-state index contributed by atoms with van der Waals surface area (Å²) >= 11 is 0. The first-order valence-electron chi connectivity index (χ1n) is 7.86. The number of amides is 1. The van der Waals surface area contributed by atoms with Gasteiger partial charge in [0.2, 0.25) is 5.91 Å². The van der Waals surface area contributed by atoms with Crippen molar-refractivity contribution in [2.45, 2.75) is 57.4 Å². The molecule has 0 radical (unpaired) electrons. The van der Waals surface area contributed by atoms with Gasteiger partial charge in [-0.05, 0) is 45.7 Å². The molecule has 1 amide bonds. The lowest BCUT2D eigenvalue weighted by Crippen LogP contribution is -2.53. The standard InChI is InChI=1S/C15H28N2O2/c1-2-19-12-7-14(18)16-13-15(8-3-4-9-15)17-10-5-6-11-17/h2-13H2,1H3,(H,16,18). The molecule has 1 heterocycles. The molecule has 0 aromatic heterocycles. The van der Waals surface area contributed by atoms with Crippen LogP contribution < -0.4 is 5.32 Å². The fourth-order valence-corrected chi connectivity index (χ4v) is 3.49. The molecular weight excluding hydrogens is 240 g/mol. The Balaban J connectivity index is 1.78. The van der Waals surface area contributed by atoms with Crippen molar-refractivity contribution in [2.24, 2.45) is 0 Å². The van der Waals surface area contributed by atoms with E-state index in [9.17, 15) is 4.79 Å². The fraction of sp³-hybridized carbons (Fsp3) is 0.933. The number of carbonyl (C=O) groups excluding carboxylic acids is 1. The summed E-state index contributed by atoms with van der Waals surface area (Å²) in [7, 11) is 0. The van der Waals surface area contributed by atoms with Crippen molar-refractivity contribution in [3.8, 4) is 0 Å². The highest BCUT2D eigenvalue weighted by Gasteiger charge is 2.40. The van der Waals surface area contributed by atoms with E-state index in [4.69, 9.17) is 4.74 Å². The fourth-order valence-electron chi connectivity index (χ4n) is 3.49. The number of nitrogens with zero attached hydrogens (tertiary/aromatic N) is 1. The number of hydrogen-bond acceptors (Lipinski definition) is 3. The normalized spacial score (nSPS) is 22.8. The Labute approximate surface area is 116 Å². The molecule has 2 aliphatic rings. The molecule has 0 aromatic rings. The quantitative estimate of drug-likeness (QED) is 0.717. The van der Waals surface area contributed by atoms with E-state index in [1.807, 2.05) is 6.92 Å². The molecule has 0 atom stereocenters. The van der Waals surface area contributed by atoms with E-state index in [1.165, 1.54) is 51.6 Å². The van der Waals surface area contributed by atoms with Crippen LogP contribution in [0, 0.1) is 0 Å². The van der Waals surface area contributed by atoms with Crippen molar-refractivity contribution in [2.75, 3.05) is 32.8 Å². The van der Waals surface area contributed by atoms with Crippen LogP contribution in [0.15, 0.2) is 0 Å². The van der Waals surface area contributed by atoms with Gasteiger partial charge in [-0.3, -0.25) is 9.69 Å². The van der Waals surface area contributed by atoms with Crippen LogP contribution in [0.5, 0.6) is 0 Å². The van der Waals surface area contributed by atoms with Gasteiger partial charge in [0.15, 0.2) is 0 Å². The summed E-state index contributed by atoms with van der Waals surface area (Å²) < 4.78 is 5.23. The minimum absolute atomic E-state index is 0.138. The summed E-state index contributed by atoms with van der Waals surface area (Å²) in [6.45, 7) is 6.45. The van der Waals surface area contributed by atoms with Crippen LogP contribution in [-0.4, -0.2) is 49.2 Å². The van der Waals surface area contributed by atoms with Crippen LogP contribution in [-0.2, 0) is 9.53 Å². The summed E-state index contributed by atoms with van der Waals surface area (Å²) in [6.07, 6.45) is 8.25. The summed E-state index contributed by atoms with van der Waals surface area (Å²) in [5.41, 5.74) is 0.262. The van der Waals surface area contributed by atoms with Gasteiger partial charge in [0.25, 0.3) is 0 Å². The Morgan fingerprint density at radius 1 is 1.21 bits per heavy atom. The summed E-state index contributed by atoms with van der Waals surface area (Å²) in [5.74, 6) is 0.138. The number of hydrogen-bond donors (Lipinski definition) is 1. The second-order valence-corrected chi connectivity index (χ2v) is 5.85. The average molecular weight is 268 g/mol. The average Bonchev–Trinajstić information content (AvgIpc) is 3.08. The number of carbonyl (C=O) groups is 1. The van der Waals surface area contributed by atoms with Gasteiger partial charge >= 0.3 is 0 Å². The molecule has 2 rings (SSSR count). The zero-order valence-electron chi connectivity index (χ0n) is 12.2. The van der Waals surface area contributed by atoms with E-state index in [0.29, 0.717) is 19.6 Å². The third-order valence-electron chi connectivity index (χ3n) is 4.60. The lowest BCUT2D eigenvalue weighted by molar-refractivity contribution is -0.122. The van der Waals surface area contributed by atoms with E-state index in [1.54, 1.807) is 0 Å². The minimum Gasteiger partial charge on any atom is -0.381 e. The van der Waals surface area contributed by atoms with Crippen molar-refractivity contribution in [1.29, 1.82) is 0 Å². The second kappa shape index (κ2) is 7.25. The maximum absolute atomic E-state index is 11.8. The van der Waals surface area contributed by atoms with Gasteiger partial charge in [0.1, 0.15) is 0 Å². The van der Waals surface area contributed by atoms with Crippen molar-refractivity contribution in [3.63, 3.8) is 0 Å². The zero-order valence-corrected chi connectivity index (χ0v) is 12.2. The van der Waals surface area contributed by atoms with E-state index in [0.717, 1.165) is 6.54 Å². The monoisotopic (exact) mass is 268 g/mol. The topological polar surface area (TPSA) is 41.6 Å². The van der Waals surface area contributed by atoms with Gasteiger partial charge in [-0.25, -0.2) is 0 Å². The smallest absolute Gasteiger partial charge is 0.222 e. The van der Waals surface area contributed by atoms with Gasteiger partial charge in [-0.1, -0.05) is 12.8 Å². The molecule has 1 aliphatic heterocycles. The maximum Gasteiger partial charge on any atom is 0.222 e. The molecule has 1 saturated carbocycles. The lowest BCUT2D eigenvalue weighted by Gasteiger charge is -2.39. The third-order valence-corrected chi connectivity index (χ3v) is 4.60. The molecule has 4 heteroatoms. The minimum atomic E-state index is 0.138. The predicted octanol–water partition coefficient (Wildman–Crippen LogP) is 1.94. The SMILES string of the molecule is CCOCCC(=O)NCC1(N2CCCC2)CCCC1. The van der Waals surface area contributed by atoms with Gasteiger partial charge < -0.3 is 10.1 Å². The summed E-state index contributed by atoms with van der Waals surface area (Å²) in [4.78, 5) is 14.4. The highest BCUT2D eigenvalue weighted by atomic mass is 16.5. The van der Waals surface area contributed by atoms with Crippen molar-refractivity contribution < 1.29 is 9.53 Å². The molecule has 0 unspecified atom stereocenters. The predicted molar refractivity (Wildman–Crippen MR) is 76.1 cm³/mol. The van der Waals surface area contributed by atoms with Gasteiger partial charge in [0.05, 0.1) is 6.61 Å². The van der Waals surface area contributed by atoms with Gasteiger partial charge in [-0.2, -0.15) is 0 Å². The largest absolute Gasteiger partial charge is 0.381 e. The van der Waals surface area contributed by atoms with Crippen molar-refractivity contribution in [3.05, 3.63) is 0 Å². The van der Waals surface area contributed by atoms with Crippen LogP contribution in [0.4, 0.5) is 0 Å². The number of ether oxygens (including phenoxy) is 1. The molecule has 19 heavy (non-hydrogen) atoms. The van der Waals surface area contributed by atoms with Crippen LogP contribution in [0.3, 0.4) is 0 Å². The van der Waals surface area contributed by atoms with Crippen LogP contribution in [0.25, 0.3) is 0 Å². The van der Waals surface area contributed by atoms with E-state index in [2.05, 4.69) is 10.2 Å². The molecule has 4 nitrogen and oxygen atoms in total. The Morgan fingerprint density at radius 3 is 2.53 bits per heavy atom. The molecule has 0 aromatic carbocycles. The molecule has 0 bridgehead atoms. The Kier molecular flexibility index (Phi) is 5.64. The second-order valence-electron chi connectivity index (χ2n) is 5.85. The van der Waals surface area contributed by atoms with Crippen LogP contribution in [0.2, 0.25) is 0 Å². The molecule has 1 N–H and O–H groups in total. The van der Waals surface area contributed by atoms with Crippen LogP contribution in [0.1, 0.15) is 51.9 Å². The Hall–Kier alpha value is -0.610. The number of nitrogens with one attached hydrogen (secondary N) is 1. The summed E-state index contributed by atoms with van der Waals surface area (Å²) in [6, 6.07) is 0. The van der Waals surface area contributed by atoms with E-state index < -0.39 is 0 Å². The molecule has 0 spiro atoms. The van der Waals surface area contributed by atoms with Crippen LogP contribution >= 0.6 is 0 Å². The third kappa shape index (κ3) is 3.93. The maximum atomic E-state index is 11.8. The first-order chi connectivity index (χ1) is 9.27. The molecule has 2 fully saturated rings. The molecular formula is C15H28N2O2. The first kappa shape index (κ1) is 14.8. The zero-order chi connectivity index (χ0) is 13.6. The Bertz CT molecular complexity index is 282. The van der Waals surface area contributed by atoms with Crippen molar-refractivity contribution in [1.82, 2.24) is 10.2 Å². The first-order valence-corrected chi connectivity index (χ1v) is 7.86. The molecule has 1 saturated heterocycles. The summed E-state index contributed by atoms with van der Waals surface area (Å²) in [5, 5.41) is 3.14. The Morgan fingerprint density at radius 2 is 1.89 bits per heavy atom. The molecule has 1 aliphatic carbocycles. The number of rotatable bonds is 7. The van der Waals surface area contributed by atoms with E-state index in [-0.39, 0.29) is 11.4 Å². The highest BCUT2D eigenvalue weighted by Crippen LogP contribution is 2.36. The van der Waals surface area contributed by atoms with E-state index >= 15 is 0 Å². The number of likely N-dealkylation sites (tertiary alicyclic amines) is 1.